The third-order valence-corrected chi connectivity index (χ3v) is 1.70. The van der Waals surface area contributed by atoms with Crippen LogP contribution in [0, 0.1) is 0 Å². The zero-order chi connectivity index (χ0) is 7.49. The van der Waals surface area contributed by atoms with E-state index >= 15 is 0 Å². The maximum Gasteiger partial charge on any atom is 0.304 e. The fourth-order valence-corrected chi connectivity index (χ4v) is 1.05. The van der Waals surface area contributed by atoms with E-state index in [2.05, 4.69) is 4.74 Å². The second kappa shape index (κ2) is 3.12. The summed E-state index contributed by atoms with van der Waals surface area (Å²) in [6.07, 6.45) is -0.569. The zero-order valence-corrected chi connectivity index (χ0v) is 6.11. The summed E-state index contributed by atoms with van der Waals surface area (Å²) < 4.78 is 35.9. The molecule has 0 rings (SSSR count). The Balaban J connectivity index is 3.75. The molecule has 0 heterocycles. The molecule has 0 fully saturated rings. The molecule has 0 bridgehead atoms. The topological polar surface area (TPSA) is 43.4 Å². The molecule has 0 aromatic carbocycles. The van der Waals surface area contributed by atoms with Crippen molar-refractivity contribution in [2.24, 2.45) is 0 Å². The van der Waals surface area contributed by atoms with E-state index in [9.17, 15) is 12.3 Å². The Morgan fingerprint density at radius 2 is 2.11 bits per heavy atom. The first-order chi connectivity index (χ1) is 3.95. The van der Waals surface area contributed by atoms with E-state index in [4.69, 9.17) is 0 Å². The average molecular weight is 156 g/mol. The van der Waals surface area contributed by atoms with Crippen LogP contribution < -0.4 is 0 Å². The molecule has 3 nitrogen and oxygen atoms in total. The summed E-state index contributed by atoms with van der Waals surface area (Å²) in [5.74, 6) is -0.566. The third-order valence-electron chi connectivity index (χ3n) is 0.836. The molecule has 0 amide bonds. The molecule has 0 aliphatic heterocycles. The van der Waals surface area contributed by atoms with Gasteiger partial charge >= 0.3 is 10.2 Å². The molecular formula is C4H9FO3S. The molecular weight excluding hydrogens is 147 g/mol. The van der Waals surface area contributed by atoms with Gasteiger partial charge in [-0.25, -0.2) is 0 Å². The highest BCUT2D eigenvalue weighted by Gasteiger charge is 2.12. The normalized spacial score (nSPS) is 15.4. The molecule has 0 aliphatic rings. The Hall–Kier alpha value is -0.160. The maximum absolute atomic E-state index is 11.7. The molecule has 0 aromatic heterocycles. The molecule has 0 saturated carbocycles. The fraction of sp³-hybridized carbons (Fsp3) is 1.00. The summed E-state index contributed by atoms with van der Waals surface area (Å²) in [5.41, 5.74) is 0. The van der Waals surface area contributed by atoms with Crippen molar-refractivity contribution in [1.82, 2.24) is 0 Å². The molecule has 1 atom stereocenters. The Morgan fingerprint density at radius 1 is 1.67 bits per heavy atom. The van der Waals surface area contributed by atoms with Crippen LogP contribution in [0.4, 0.5) is 3.89 Å². The molecule has 0 saturated heterocycles. The Labute approximate surface area is 54.0 Å². The Morgan fingerprint density at radius 3 is 2.22 bits per heavy atom. The zero-order valence-electron chi connectivity index (χ0n) is 5.30. The first kappa shape index (κ1) is 8.84. The van der Waals surface area contributed by atoms with E-state index in [1.807, 2.05) is 0 Å². The number of hydrogen-bond acceptors (Lipinski definition) is 3. The average Bonchev–Trinajstić information content (AvgIpc) is 1.62. The van der Waals surface area contributed by atoms with Crippen LogP contribution in [0.3, 0.4) is 0 Å². The molecule has 56 valence electrons. The fourth-order valence-electron chi connectivity index (χ4n) is 0.348. The lowest BCUT2D eigenvalue weighted by Crippen LogP contribution is -2.16. The summed E-state index contributed by atoms with van der Waals surface area (Å²) in [4.78, 5) is 0. The van der Waals surface area contributed by atoms with Gasteiger partial charge in [-0.3, -0.25) is 0 Å². The number of hydrogen-bond donors (Lipinski definition) is 0. The molecule has 0 aromatic rings. The maximum atomic E-state index is 11.7. The predicted octanol–water partition coefficient (Wildman–Crippen LogP) is 0.321. The second-order valence-electron chi connectivity index (χ2n) is 1.75. The molecule has 5 heteroatoms. The minimum absolute atomic E-state index is 0.566. The smallest absolute Gasteiger partial charge is 0.304 e. The highest BCUT2D eigenvalue weighted by molar-refractivity contribution is 7.86. The van der Waals surface area contributed by atoms with Crippen LogP contribution in [0.1, 0.15) is 6.92 Å². The molecule has 0 aliphatic carbocycles. The third kappa shape index (κ3) is 5.72. The second-order valence-corrected chi connectivity index (χ2v) is 3.16. The van der Waals surface area contributed by atoms with E-state index in [1.165, 1.54) is 14.0 Å². The van der Waals surface area contributed by atoms with E-state index < -0.39 is 22.1 Å². The van der Waals surface area contributed by atoms with Crippen molar-refractivity contribution >= 4 is 10.2 Å². The Kier molecular flexibility index (Phi) is 3.07. The van der Waals surface area contributed by atoms with Gasteiger partial charge in [-0.1, -0.05) is 0 Å². The largest absolute Gasteiger partial charge is 0.381 e. The van der Waals surface area contributed by atoms with E-state index in [-0.39, 0.29) is 0 Å². The molecule has 0 spiro atoms. The van der Waals surface area contributed by atoms with Crippen LogP contribution in [-0.4, -0.2) is 27.4 Å². The van der Waals surface area contributed by atoms with Crippen molar-refractivity contribution in [3.05, 3.63) is 0 Å². The summed E-state index contributed by atoms with van der Waals surface area (Å²) in [6, 6.07) is 0. The van der Waals surface area contributed by atoms with Gasteiger partial charge in [-0.15, -0.1) is 3.89 Å². The standard InChI is InChI=1S/C4H9FO3S/c1-4(8-2)3-9(5,6)7/h4H,3H2,1-2H3/t4-/m0/s1. The number of methoxy groups -OCH3 is 1. The quantitative estimate of drug-likeness (QED) is 0.553. The van der Waals surface area contributed by atoms with E-state index in [0.717, 1.165) is 0 Å². The van der Waals surface area contributed by atoms with Gasteiger partial charge in [0.25, 0.3) is 0 Å². The van der Waals surface area contributed by atoms with Gasteiger partial charge in [0.1, 0.15) is 5.75 Å². The van der Waals surface area contributed by atoms with E-state index in [0.29, 0.717) is 0 Å². The lowest BCUT2D eigenvalue weighted by molar-refractivity contribution is 0.135. The van der Waals surface area contributed by atoms with Gasteiger partial charge < -0.3 is 4.74 Å². The highest BCUT2D eigenvalue weighted by atomic mass is 32.3. The van der Waals surface area contributed by atoms with Gasteiger partial charge in [0.05, 0.1) is 6.10 Å². The van der Waals surface area contributed by atoms with Crippen LogP contribution in [0.2, 0.25) is 0 Å². The van der Waals surface area contributed by atoms with Crippen molar-refractivity contribution in [2.45, 2.75) is 13.0 Å². The summed E-state index contributed by atoms with van der Waals surface area (Å²) in [5, 5.41) is 0. The van der Waals surface area contributed by atoms with Crippen molar-refractivity contribution in [1.29, 1.82) is 0 Å². The summed E-state index contributed by atoms with van der Waals surface area (Å²) in [7, 11) is -3.03. The van der Waals surface area contributed by atoms with Crippen molar-refractivity contribution < 1.29 is 17.0 Å². The van der Waals surface area contributed by atoms with Crippen LogP contribution in [0.25, 0.3) is 0 Å². The minimum Gasteiger partial charge on any atom is -0.381 e. The summed E-state index contributed by atoms with van der Waals surface area (Å²) in [6.45, 7) is 1.48. The van der Waals surface area contributed by atoms with Gasteiger partial charge in [-0.05, 0) is 6.92 Å². The minimum atomic E-state index is -4.36. The Bertz CT molecular complexity index is 163. The van der Waals surface area contributed by atoms with Gasteiger partial charge in [0, 0.05) is 7.11 Å². The molecule has 9 heavy (non-hydrogen) atoms. The van der Waals surface area contributed by atoms with Crippen LogP contribution >= 0.6 is 0 Å². The number of rotatable bonds is 3. The SMILES string of the molecule is CO[C@@H](C)CS(=O)(=O)F. The first-order valence-corrected chi connectivity index (χ1v) is 3.96. The molecule has 0 unspecified atom stereocenters. The highest BCUT2D eigenvalue weighted by Crippen LogP contribution is 1.96. The van der Waals surface area contributed by atoms with Gasteiger partial charge in [0.15, 0.2) is 0 Å². The molecule has 0 N–H and O–H groups in total. The van der Waals surface area contributed by atoms with Crippen molar-refractivity contribution in [3.63, 3.8) is 0 Å². The van der Waals surface area contributed by atoms with Crippen LogP contribution in [0.5, 0.6) is 0 Å². The lowest BCUT2D eigenvalue weighted by atomic mass is 10.5. The number of ether oxygens (including phenoxy) is 1. The van der Waals surface area contributed by atoms with Crippen LogP contribution in [-0.2, 0) is 15.0 Å². The summed E-state index contributed by atoms with van der Waals surface area (Å²) >= 11 is 0. The predicted molar refractivity (Wildman–Crippen MR) is 31.4 cm³/mol. The molecule has 0 radical (unpaired) electrons. The van der Waals surface area contributed by atoms with Crippen molar-refractivity contribution in [3.8, 4) is 0 Å². The number of halogens is 1. The van der Waals surface area contributed by atoms with E-state index in [1.54, 1.807) is 0 Å². The van der Waals surface area contributed by atoms with Crippen LogP contribution in [0.15, 0.2) is 0 Å². The lowest BCUT2D eigenvalue weighted by Gasteiger charge is -2.03. The van der Waals surface area contributed by atoms with Gasteiger partial charge in [0.2, 0.25) is 0 Å². The monoisotopic (exact) mass is 156 g/mol. The van der Waals surface area contributed by atoms with Crippen molar-refractivity contribution in [2.75, 3.05) is 12.9 Å². The first-order valence-electron chi connectivity index (χ1n) is 2.41. The van der Waals surface area contributed by atoms with Gasteiger partial charge in [-0.2, -0.15) is 8.42 Å².